The number of nitrogens with zero attached hydrogens (tertiary/aromatic N) is 3. The molecule has 2 N–H and O–H groups in total. The van der Waals surface area contributed by atoms with Crippen molar-refractivity contribution in [3.05, 3.63) is 35.6 Å². The maximum Gasteiger partial charge on any atom is 0.133 e. The first-order chi connectivity index (χ1) is 8.15. The number of imidazole rings is 1. The standard InChI is InChI=1S/C11H10ClN5/c1-7(13)2-3-11-14-5-9(17-11)8-4-10(12)16-6-15-8/h2-6,13H,1H3,(H,14,17)/b3-2-,13-7?. The molecule has 0 saturated heterocycles. The lowest BCUT2D eigenvalue weighted by Gasteiger charge is -1.95. The molecule has 0 aliphatic carbocycles. The number of H-pyrrole nitrogens is 1. The average molecular weight is 248 g/mol. The molecular weight excluding hydrogens is 238 g/mol. The Morgan fingerprint density at radius 3 is 2.94 bits per heavy atom. The smallest absolute Gasteiger partial charge is 0.133 e. The molecule has 0 aromatic carbocycles. The highest BCUT2D eigenvalue weighted by Crippen LogP contribution is 2.16. The van der Waals surface area contributed by atoms with Crippen LogP contribution in [0.4, 0.5) is 0 Å². The molecule has 0 atom stereocenters. The van der Waals surface area contributed by atoms with Crippen molar-refractivity contribution >= 4 is 23.4 Å². The Hall–Kier alpha value is -2.01. The molecule has 5 nitrogen and oxygen atoms in total. The molecule has 0 unspecified atom stereocenters. The zero-order valence-electron chi connectivity index (χ0n) is 9.11. The Morgan fingerprint density at radius 1 is 1.41 bits per heavy atom. The SMILES string of the molecule is CC(=N)/C=C\c1ncc(-c2cc(Cl)ncn2)[nH]1. The van der Waals surface area contributed by atoms with Gasteiger partial charge in [0.05, 0.1) is 17.6 Å². The molecule has 0 aliphatic rings. The highest BCUT2D eigenvalue weighted by molar-refractivity contribution is 6.29. The van der Waals surface area contributed by atoms with Crippen molar-refractivity contribution in [2.24, 2.45) is 0 Å². The van der Waals surface area contributed by atoms with Gasteiger partial charge in [-0.15, -0.1) is 0 Å². The Kier molecular flexibility index (Phi) is 3.30. The van der Waals surface area contributed by atoms with Gasteiger partial charge in [0.25, 0.3) is 0 Å². The van der Waals surface area contributed by atoms with Crippen LogP contribution in [0.25, 0.3) is 17.5 Å². The number of aromatic amines is 1. The van der Waals surface area contributed by atoms with Crippen molar-refractivity contribution in [2.45, 2.75) is 6.92 Å². The summed E-state index contributed by atoms with van der Waals surface area (Å²) in [5, 5.41) is 7.66. The molecule has 0 bridgehead atoms. The summed E-state index contributed by atoms with van der Waals surface area (Å²) in [6, 6.07) is 1.66. The summed E-state index contributed by atoms with van der Waals surface area (Å²) in [5.74, 6) is 0.668. The zero-order chi connectivity index (χ0) is 12.3. The number of halogens is 1. The van der Waals surface area contributed by atoms with Gasteiger partial charge in [-0.2, -0.15) is 0 Å². The molecule has 17 heavy (non-hydrogen) atoms. The van der Waals surface area contributed by atoms with Crippen LogP contribution >= 0.6 is 11.6 Å². The molecule has 2 heterocycles. The fourth-order valence-electron chi connectivity index (χ4n) is 1.24. The average Bonchev–Trinajstić information content (AvgIpc) is 2.75. The molecule has 2 aromatic heterocycles. The van der Waals surface area contributed by atoms with Gasteiger partial charge >= 0.3 is 0 Å². The fraction of sp³-hybridized carbons (Fsp3) is 0.0909. The maximum absolute atomic E-state index is 7.28. The van der Waals surface area contributed by atoms with Crippen LogP contribution in [0, 0.1) is 5.41 Å². The van der Waals surface area contributed by atoms with Gasteiger partial charge in [-0.05, 0) is 19.1 Å². The van der Waals surface area contributed by atoms with E-state index < -0.39 is 0 Å². The van der Waals surface area contributed by atoms with Crippen LogP contribution in [0.2, 0.25) is 5.15 Å². The lowest BCUT2D eigenvalue weighted by atomic mass is 10.3. The van der Waals surface area contributed by atoms with Crippen LogP contribution in [0.5, 0.6) is 0 Å². The molecular formula is C11H10ClN5. The molecule has 0 spiro atoms. The van der Waals surface area contributed by atoms with E-state index >= 15 is 0 Å². The van der Waals surface area contributed by atoms with Crippen molar-refractivity contribution in [3.8, 4) is 11.4 Å². The van der Waals surface area contributed by atoms with Crippen LogP contribution < -0.4 is 0 Å². The van der Waals surface area contributed by atoms with Crippen molar-refractivity contribution in [3.63, 3.8) is 0 Å². The van der Waals surface area contributed by atoms with Crippen LogP contribution in [0.3, 0.4) is 0 Å². The summed E-state index contributed by atoms with van der Waals surface area (Å²) >= 11 is 5.78. The molecule has 6 heteroatoms. The first kappa shape index (κ1) is 11.5. The van der Waals surface area contributed by atoms with Crippen molar-refractivity contribution in [1.82, 2.24) is 19.9 Å². The van der Waals surface area contributed by atoms with Crippen molar-refractivity contribution < 1.29 is 0 Å². The predicted octanol–water partition coefficient (Wildman–Crippen LogP) is 2.57. The monoisotopic (exact) mass is 247 g/mol. The molecule has 86 valence electrons. The number of allylic oxidation sites excluding steroid dienone is 1. The van der Waals surface area contributed by atoms with E-state index in [1.165, 1.54) is 6.33 Å². The van der Waals surface area contributed by atoms with E-state index in [1.54, 1.807) is 31.3 Å². The minimum absolute atomic E-state index is 0.386. The van der Waals surface area contributed by atoms with Gasteiger partial charge in [0.2, 0.25) is 0 Å². The van der Waals surface area contributed by atoms with Crippen LogP contribution in [0.15, 0.2) is 24.7 Å². The van der Waals surface area contributed by atoms with E-state index in [-0.39, 0.29) is 0 Å². The summed E-state index contributed by atoms with van der Waals surface area (Å²) in [7, 11) is 0. The summed E-state index contributed by atoms with van der Waals surface area (Å²) in [4.78, 5) is 15.1. The van der Waals surface area contributed by atoms with E-state index in [9.17, 15) is 0 Å². The minimum Gasteiger partial charge on any atom is -0.337 e. The Bertz CT molecular complexity index is 573. The number of hydrogen-bond donors (Lipinski definition) is 2. The van der Waals surface area contributed by atoms with E-state index in [4.69, 9.17) is 17.0 Å². The predicted molar refractivity (Wildman–Crippen MR) is 67.1 cm³/mol. The molecule has 0 saturated carbocycles. The number of hydrogen-bond acceptors (Lipinski definition) is 4. The van der Waals surface area contributed by atoms with Gasteiger partial charge in [0.15, 0.2) is 0 Å². The topological polar surface area (TPSA) is 78.3 Å². The van der Waals surface area contributed by atoms with Crippen LogP contribution in [0.1, 0.15) is 12.7 Å². The van der Waals surface area contributed by atoms with Gasteiger partial charge in [0.1, 0.15) is 17.3 Å². The normalized spacial score (nSPS) is 10.9. The van der Waals surface area contributed by atoms with Gasteiger partial charge in [-0.3, -0.25) is 0 Å². The lowest BCUT2D eigenvalue weighted by molar-refractivity contribution is 1.16. The fourth-order valence-corrected chi connectivity index (χ4v) is 1.38. The molecule has 2 aromatic rings. The third-order valence-electron chi connectivity index (χ3n) is 2.00. The first-order valence-electron chi connectivity index (χ1n) is 4.91. The Morgan fingerprint density at radius 2 is 2.24 bits per heavy atom. The summed E-state index contributed by atoms with van der Waals surface area (Å²) in [6.45, 7) is 1.70. The summed E-state index contributed by atoms with van der Waals surface area (Å²) in [5.41, 5.74) is 1.91. The number of nitrogens with one attached hydrogen (secondary N) is 2. The third-order valence-corrected chi connectivity index (χ3v) is 2.20. The Labute approximate surface area is 103 Å². The van der Waals surface area contributed by atoms with Gasteiger partial charge in [-0.25, -0.2) is 15.0 Å². The van der Waals surface area contributed by atoms with Gasteiger partial charge in [0, 0.05) is 11.8 Å². The van der Waals surface area contributed by atoms with Crippen molar-refractivity contribution in [2.75, 3.05) is 0 Å². The quantitative estimate of drug-likeness (QED) is 0.646. The van der Waals surface area contributed by atoms with Crippen LogP contribution in [-0.4, -0.2) is 25.6 Å². The third kappa shape index (κ3) is 2.98. The Balaban J connectivity index is 2.27. The van der Waals surface area contributed by atoms with E-state index in [0.29, 0.717) is 22.4 Å². The number of rotatable bonds is 3. The second-order valence-electron chi connectivity index (χ2n) is 3.42. The first-order valence-corrected chi connectivity index (χ1v) is 5.29. The van der Waals surface area contributed by atoms with Crippen molar-refractivity contribution in [1.29, 1.82) is 5.41 Å². The molecule has 0 amide bonds. The zero-order valence-corrected chi connectivity index (χ0v) is 9.86. The highest BCUT2D eigenvalue weighted by atomic mass is 35.5. The lowest BCUT2D eigenvalue weighted by Crippen LogP contribution is -1.86. The van der Waals surface area contributed by atoms with Crippen LogP contribution in [-0.2, 0) is 0 Å². The number of aromatic nitrogens is 4. The van der Waals surface area contributed by atoms with E-state index in [0.717, 1.165) is 5.69 Å². The van der Waals surface area contributed by atoms with Gasteiger partial charge < -0.3 is 10.4 Å². The molecule has 2 rings (SSSR count). The van der Waals surface area contributed by atoms with E-state index in [2.05, 4.69) is 19.9 Å². The minimum atomic E-state index is 0.386. The molecule has 0 fully saturated rings. The highest BCUT2D eigenvalue weighted by Gasteiger charge is 2.03. The van der Waals surface area contributed by atoms with E-state index in [1.807, 2.05) is 0 Å². The molecule has 0 radical (unpaired) electrons. The van der Waals surface area contributed by atoms with Gasteiger partial charge in [-0.1, -0.05) is 11.6 Å². The molecule has 0 aliphatic heterocycles. The maximum atomic E-state index is 7.28. The largest absolute Gasteiger partial charge is 0.337 e. The summed E-state index contributed by atoms with van der Waals surface area (Å²) in [6.07, 6.45) is 6.46. The second-order valence-corrected chi connectivity index (χ2v) is 3.81. The second kappa shape index (κ2) is 4.88. The summed E-state index contributed by atoms with van der Waals surface area (Å²) < 4.78 is 0.